The topological polar surface area (TPSA) is 99.7 Å². The van der Waals surface area contributed by atoms with Crippen LogP contribution in [0.3, 0.4) is 0 Å². The van der Waals surface area contributed by atoms with Crippen LogP contribution in [0.1, 0.15) is 23.2 Å². The molecule has 2 fully saturated rings. The smallest absolute Gasteiger partial charge is 0.253 e. The molecule has 3 unspecified atom stereocenters. The minimum absolute atomic E-state index is 0. The zero-order valence-corrected chi connectivity index (χ0v) is 14.7. The number of halogens is 1. The Morgan fingerprint density at radius 3 is 2.84 bits per heavy atom. The van der Waals surface area contributed by atoms with Gasteiger partial charge in [0, 0.05) is 43.4 Å². The van der Waals surface area contributed by atoms with Crippen molar-refractivity contribution in [3.63, 3.8) is 0 Å². The van der Waals surface area contributed by atoms with Gasteiger partial charge in [-0.3, -0.25) is 9.59 Å². The molecule has 2 heterocycles. The number of anilines is 1. The zero-order chi connectivity index (χ0) is 16.9. The molecule has 4 N–H and O–H groups in total. The second kappa shape index (κ2) is 9.15. The second-order valence-corrected chi connectivity index (χ2v) is 6.27. The summed E-state index contributed by atoms with van der Waals surface area (Å²) >= 11 is 0. The molecular weight excluding hydrogens is 346 g/mol. The Morgan fingerprint density at radius 1 is 1.32 bits per heavy atom. The number of benzene rings is 1. The first-order valence-corrected chi connectivity index (χ1v) is 8.33. The maximum Gasteiger partial charge on any atom is 0.253 e. The Balaban J connectivity index is 0.00000225. The zero-order valence-electron chi connectivity index (χ0n) is 13.9. The van der Waals surface area contributed by atoms with Gasteiger partial charge in [-0.1, -0.05) is 6.07 Å². The molecule has 3 rings (SSSR count). The molecular formula is C17H24ClN3O4. The maximum atomic E-state index is 12.3. The average Bonchev–Trinajstić information content (AvgIpc) is 3.24. The number of carbonyl (C=O) groups excluding carboxylic acids is 2. The Kier molecular flexibility index (Phi) is 7.19. The summed E-state index contributed by atoms with van der Waals surface area (Å²) in [5, 5.41) is 18.4. The van der Waals surface area contributed by atoms with Crippen LogP contribution in [0.25, 0.3) is 0 Å². The van der Waals surface area contributed by atoms with E-state index in [1.54, 1.807) is 24.3 Å². The van der Waals surface area contributed by atoms with Gasteiger partial charge >= 0.3 is 0 Å². The first-order valence-electron chi connectivity index (χ1n) is 8.33. The van der Waals surface area contributed by atoms with Gasteiger partial charge in [-0.2, -0.15) is 0 Å². The molecule has 0 aromatic heterocycles. The third-order valence-corrected chi connectivity index (χ3v) is 4.44. The Hall–Kier alpha value is -1.67. The van der Waals surface area contributed by atoms with E-state index in [0.717, 1.165) is 12.8 Å². The van der Waals surface area contributed by atoms with E-state index in [9.17, 15) is 14.7 Å². The third kappa shape index (κ3) is 5.15. The Bertz CT molecular complexity index is 607. The number of aliphatic hydroxyl groups excluding tert-OH is 1. The van der Waals surface area contributed by atoms with Crippen molar-refractivity contribution in [2.45, 2.75) is 25.0 Å². The molecule has 0 saturated carbocycles. The van der Waals surface area contributed by atoms with Crippen molar-refractivity contribution in [3.05, 3.63) is 29.8 Å². The van der Waals surface area contributed by atoms with Crippen LogP contribution in [0.2, 0.25) is 0 Å². The van der Waals surface area contributed by atoms with E-state index in [1.165, 1.54) is 0 Å². The minimum Gasteiger partial charge on any atom is -0.391 e. The van der Waals surface area contributed by atoms with Crippen molar-refractivity contribution < 1.29 is 19.4 Å². The van der Waals surface area contributed by atoms with Crippen molar-refractivity contribution in [1.29, 1.82) is 0 Å². The van der Waals surface area contributed by atoms with E-state index < -0.39 is 12.2 Å². The molecule has 2 aliphatic rings. The molecule has 1 aromatic carbocycles. The van der Waals surface area contributed by atoms with E-state index in [1.807, 2.05) is 0 Å². The molecule has 0 bridgehead atoms. The highest BCUT2D eigenvalue weighted by atomic mass is 35.5. The molecule has 25 heavy (non-hydrogen) atoms. The summed E-state index contributed by atoms with van der Waals surface area (Å²) in [6, 6.07) is 6.81. The highest BCUT2D eigenvalue weighted by molar-refractivity contribution is 5.98. The molecule has 7 nitrogen and oxygen atoms in total. The standard InChI is InChI=1S/C17H23N3O4.ClH/c21-14-10-18-8-12(14)9-19-16(22)11-3-1-4-13(7-11)20-17(23)15-5-2-6-24-15;/h1,3-4,7,12,14-15,18,21H,2,5-6,8-10H2,(H,19,22)(H,20,23);1H. The summed E-state index contributed by atoms with van der Waals surface area (Å²) in [5.74, 6) is -0.371. The van der Waals surface area contributed by atoms with Crippen molar-refractivity contribution in [1.82, 2.24) is 10.6 Å². The molecule has 1 aromatic rings. The fourth-order valence-electron chi connectivity index (χ4n) is 3.00. The van der Waals surface area contributed by atoms with E-state index in [0.29, 0.717) is 37.5 Å². The molecule has 0 spiro atoms. The average molecular weight is 370 g/mol. The Morgan fingerprint density at radius 2 is 2.16 bits per heavy atom. The van der Waals surface area contributed by atoms with Crippen LogP contribution >= 0.6 is 12.4 Å². The van der Waals surface area contributed by atoms with Gasteiger partial charge in [-0.25, -0.2) is 0 Å². The predicted molar refractivity (Wildman–Crippen MR) is 96.0 cm³/mol. The lowest BCUT2D eigenvalue weighted by Gasteiger charge is -2.15. The molecule has 0 radical (unpaired) electrons. The highest BCUT2D eigenvalue weighted by Gasteiger charge is 2.25. The van der Waals surface area contributed by atoms with Crippen molar-refractivity contribution in [2.75, 3.05) is 31.6 Å². The number of rotatable bonds is 5. The Labute approximate surface area is 152 Å². The first-order chi connectivity index (χ1) is 11.6. The molecule has 0 aliphatic carbocycles. The lowest BCUT2D eigenvalue weighted by atomic mass is 10.1. The molecule has 2 saturated heterocycles. The second-order valence-electron chi connectivity index (χ2n) is 6.27. The number of hydrogen-bond donors (Lipinski definition) is 4. The van der Waals surface area contributed by atoms with Crippen LogP contribution in [0.15, 0.2) is 24.3 Å². The van der Waals surface area contributed by atoms with Crippen molar-refractivity contribution in [3.8, 4) is 0 Å². The van der Waals surface area contributed by atoms with Crippen LogP contribution in [0.4, 0.5) is 5.69 Å². The van der Waals surface area contributed by atoms with E-state index in [4.69, 9.17) is 4.74 Å². The SMILES string of the molecule is Cl.O=C(NCC1CNCC1O)c1cccc(NC(=O)C2CCCO2)c1. The molecule has 2 aliphatic heterocycles. The fraction of sp³-hybridized carbons (Fsp3) is 0.529. The van der Waals surface area contributed by atoms with Crippen LogP contribution in [-0.2, 0) is 9.53 Å². The highest BCUT2D eigenvalue weighted by Crippen LogP contribution is 2.16. The number of nitrogens with one attached hydrogen (secondary N) is 3. The normalized spacial score (nSPS) is 25.2. The number of amides is 2. The maximum absolute atomic E-state index is 12.3. The van der Waals surface area contributed by atoms with Gasteiger partial charge < -0.3 is 25.8 Å². The quantitative estimate of drug-likeness (QED) is 0.607. The van der Waals surface area contributed by atoms with Gasteiger partial charge in [0.2, 0.25) is 0 Å². The molecule has 3 atom stereocenters. The lowest BCUT2D eigenvalue weighted by Crippen LogP contribution is -2.34. The molecule has 138 valence electrons. The van der Waals surface area contributed by atoms with Gasteiger partial charge in [-0.15, -0.1) is 12.4 Å². The van der Waals surface area contributed by atoms with Crippen molar-refractivity contribution in [2.24, 2.45) is 5.92 Å². The van der Waals surface area contributed by atoms with E-state index in [2.05, 4.69) is 16.0 Å². The first kappa shape index (κ1) is 19.7. The van der Waals surface area contributed by atoms with Gasteiger partial charge in [0.1, 0.15) is 6.10 Å². The van der Waals surface area contributed by atoms with E-state index >= 15 is 0 Å². The number of carbonyl (C=O) groups is 2. The number of hydrogen-bond acceptors (Lipinski definition) is 5. The summed E-state index contributed by atoms with van der Waals surface area (Å²) in [4.78, 5) is 24.3. The number of β-amino-alcohol motifs (C(OH)–C–C–N with tert-alkyl or cyclic N) is 1. The fourth-order valence-corrected chi connectivity index (χ4v) is 3.00. The van der Waals surface area contributed by atoms with Crippen LogP contribution in [-0.4, -0.2) is 55.4 Å². The largest absolute Gasteiger partial charge is 0.391 e. The summed E-state index contributed by atoms with van der Waals surface area (Å²) in [6.07, 6.45) is 0.785. The monoisotopic (exact) mass is 369 g/mol. The van der Waals surface area contributed by atoms with Gasteiger partial charge in [0.05, 0.1) is 6.10 Å². The summed E-state index contributed by atoms with van der Waals surface area (Å²) in [5.41, 5.74) is 1.05. The van der Waals surface area contributed by atoms with Crippen LogP contribution < -0.4 is 16.0 Å². The van der Waals surface area contributed by atoms with Crippen LogP contribution in [0.5, 0.6) is 0 Å². The van der Waals surface area contributed by atoms with Crippen molar-refractivity contribution >= 4 is 29.9 Å². The summed E-state index contributed by atoms with van der Waals surface area (Å²) < 4.78 is 5.35. The number of ether oxygens (including phenoxy) is 1. The van der Waals surface area contributed by atoms with Gasteiger partial charge in [0.15, 0.2) is 0 Å². The van der Waals surface area contributed by atoms with Crippen LogP contribution in [0, 0.1) is 5.92 Å². The molecule has 8 heteroatoms. The van der Waals surface area contributed by atoms with E-state index in [-0.39, 0.29) is 30.1 Å². The van der Waals surface area contributed by atoms with Gasteiger partial charge in [-0.05, 0) is 31.0 Å². The molecule has 2 amide bonds. The summed E-state index contributed by atoms with van der Waals surface area (Å²) in [6.45, 7) is 2.28. The summed E-state index contributed by atoms with van der Waals surface area (Å²) in [7, 11) is 0. The van der Waals surface area contributed by atoms with Gasteiger partial charge in [0.25, 0.3) is 11.8 Å². The number of aliphatic hydroxyl groups is 1. The lowest BCUT2D eigenvalue weighted by molar-refractivity contribution is -0.124. The predicted octanol–water partition coefficient (Wildman–Crippen LogP) is 0.536. The third-order valence-electron chi connectivity index (χ3n) is 4.44. The minimum atomic E-state index is -0.428.